The van der Waals surface area contributed by atoms with Crippen LogP contribution in [0.2, 0.25) is 0 Å². The van der Waals surface area contributed by atoms with E-state index in [9.17, 15) is 0 Å². The van der Waals surface area contributed by atoms with Crippen LogP contribution in [-0.4, -0.2) is 13.4 Å². The highest BCUT2D eigenvalue weighted by atomic mass is 15.0. The minimum atomic E-state index is -0.0711. The van der Waals surface area contributed by atoms with Crippen LogP contribution < -0.4 is 0 Å². The Morgan fingerprint density at radius 1 is 0.313 bits per heavy atom. The summed E-state index contributed by atoms with van der Waals surface area (Å²) in [5.41, 5.74) is 16.4. The number of hydrogen-bond acceptors (Lipinski definition) is 0. The van der Waals surface area contributed by atoms with Crippen molar-refractivity contribution in [3.8, 4) is 16.8 Å². The average molecular weight is 858 g/mol. The zero-order valence-electron chi connectivity index (χ0n) is 38.6. The molecule has 10 aromatic carbocycles. The molecule has 0 N–H and O–H groups in total. The molecule has 318 valence electrons. The zero-order valence-corrected chi connectivity index (χ0v) is 38.6. The fourth-order valence-electron chi connectivity index (χ4n) is 12.3. The fraction of sp³-hybridized carbons (Fsp3) is 0.125. The first-order valence-corrected chi connectivity index (χ1v) is 23.8. The van der Waals surface area contributed by atoms with Gasteiger partial charge in [-0.1, -0.05) is 133 Å². The molecule has 67 heavy (non-hydrogen) atoms. The number of hydrogen-bond donors (Lipinski definition) is 0. The monoisotopic (exact) mass is 857 g/mol. The first kappa shape index (κ1) is 37.4. The van der Waals surface area contributed by atoms with Crippen LogP contribution >= 0.6 is 0 Å². The third kappa shape index (κ3) is 4.81. The standard InChI is InChI=1S/C64H47N3/c1-63(2,3)40-32-45(39-24-25-53-46(29-39)44-22-14-15-23-52(44)65(53)42-19-8-7-9-20-42)60-50(34-40)48-30-38-18-12-13-21-43(38)58-59-55(67(60)62(48)58)27-26-54-57(59)51-35-41(64(4,5)6)33-49-47-28-36-16-10-11-17-37(36)31-56(47)66(54)61(49)51/h7-35H,1-6H3. The van der Waals surface area contributed by atoms with Gasteiger partial charge in [0, 0.05) is 65.1 Å². The summed E-state index contributed by atoms with van der Waals surface area (Å²) in [6, 6.07) is 67.0. The van der Waals surface area contributed by atoms with Crippen LogP contribution in [0, 0.1) is 0 Å². The van der Waals surface area contributed by atoms with Crippen molar-refractivity contribution in [2.75, 3.05) is 0 Å². The number of aromatic nitrogens is 3. The van der Waals surface area contributed by atoms with Crippen LogP contribution in [-0.2, 0) is 10.8 Å². The van der Waals surface area contributed by atoms with Gasteiger partial charge in [-0.25, -0.2) is 0 Å². The summed E-state index contributed by atoms with van der Waals surface area (Å²) >= 11 is 0. The molecule has 3 nitrogen and oxygen atoms in total. The highest BCUT2D eigenvalue weighted by Gasteiger charge is 2.30. The highest BCUT2D eigenvalue weighted by Crippen LogP contribution is 2.52. The maximum atomic E-state index is 2.66. The molecule has 0 aliphatic carbocycles. The molecule has 0 saturated heterocycles. The van der Waals surface area contributed by atoms with Gasteiger partial charge in [0.25, 0.3) is 0 Å². The third-order valence-electron chi connectivity index (χ3n) is 15.5. The highest BCUT2D eigenvalue weighted by molar-refractivity contribution is 6.40. The lowest BCUT2D eigenvalue weighted by molar-refractivity contribution is 0.591. The Labute approximate surface area is 387 Å². The second-order valence-electron chi connectivity index (χ2n) is 21.4. The molecule has 0 radical (unpaired) electrons. The summed E-state index contributed by atoms with van der Waals surface area (Å²) in [4.78, 5) is 0. The summed E-state index contributed by atoms with van der Waals surface area (Å²) in [5, 5.41) is 18.3. The van der Waals surface area contributed by atoms with Gasteiger partial charge in [-0.2, -0.15) is 0 Å². The number of fused-ring (bicyclic) bond motifs is 19. The Hall–Kier alpha value is -7.88. The zero-order chi connectivity index (χ0) is 44.8. The van der Waals surface area contributed by atoms with Gasteiger partial charge in [0.1, 0.15) is 0 Å². The average Bonchev–Trinajstić information content (AvgIpc) is 4.12. The molecule has 0 saturated carbocycles. The molecule has 15 rings (SSSR count). The van der Waals surface area contributed by atoms with Gasteiger partial charge in [0.15, 0.2) is 0 Å². The van der Waals surface area contributed by atoms with Gasteiger partial charge in [0.2, 0.25) is 0 Å². The largest absolute Gasteiger partial charge is 0.309 e. The Bertz CT molecular complexity index is 4620. The summed E-state index contributed by atoms with van der Waals surface area (Å²) in [7, 11) is 0. The van der Waals surface area contributed by atoms with E-state index in [1.807, 2.05) is 0 Å². The molecule has 5 aromatic heterocycles. The SMILES string of the molecule is CC(C)(C)c1cc(-c2ccc3c(c2)c2ccccc2n3-c2ccccc2)c2c(c1)c1cc3ccccc3c3c4c5c6cc(C(C)(C)C)cc7c8cc9ccccc9cc8n(c5ccc4n2c13)c76. The van der Waals surface area contributed by atoms with E-state index in [0.29, 0.717) is 0 Å². The maximum absolute atomic E-state index is 2.66. The van der Waals surface area contributed by atoms with E-state index in [4.69, 9.17) is 0 Å². The van der Waals surface area contributed by atoms with Crippen molar-refractivity contribution < 1.29 is 0 Å². The molecule has 0 bridgehead atoms. The second-order valence-corrected chi connectivity index (χ2v) is 21.4. The molecule has 0 aliphatic rings. The number of para-hydroxylation sites is 2. The molecule has 5 heterocycles. The first-order valence-electron chi connectivity index (χ1n) is 23.8. The molecule has 0 atom stereocenters. The van der Waals surface area contributed by atoms with Crippen molar-refractivity contribution in [3.05, 3.63) is 187 Å². The Kier molecular flexibility index (Phi) is 6.97. The Morgan fingerprint density at radius 3 is 1.63 bits per heavy atom. The predicted octanol–water partition coefficient (Wildman–Crippen LogP) is 17.7. The van der Waals surface area contributed by atoms with Gasteiger partial charge in [-0.05, 0) is 134 Å². The quantitative estimate of drug-likeness (QED) is 0.164. The van der Waals surface area contributed by atoms with Crippen molar-refractivity contribution in [1.82, 2.24) is 13.4 Å². The van der Waals surface area contributed by atoms with Crippen LogP contribution in [0.3, 0.4) is 0 Å². The van der Waals surface area contributed by atoms with Gasteiger partial charge < -0.3 is 13.4 Å². The molecule has 0 spiro atoms. The molecule has 0 fully saturated rings. The Morgan fingerprint density at radius 2 is 0.866 bits per heavy atom. The topological polar surface area (TPSA) is 13.8 Å². The van der Waals surface area contributed by atoms with Crippen molar-refractivity contribution >= 4 is 120 Å². The van der Waals surface area contributed by atoms with Crippen LogP contribution in [0.1, 0.15) is 52.7 Å². The summed E-state index contributed by atoms with van der Waals surface area (Å²) in [5.74, 6) is 0. The summed E-state index contributed by atoms with van der Waals surface area (Å²) in [6.45, 7) is 14.1. The molecule has 0 unspecified atom stereocenters. The minimum absolute atomic E-state index is 0.0426. The molecular formula is C64H47N3. The van der Waals surface area contributed by atoms with E-state index in [2.05, 4.69) is 231 Å². The van der Waals surface area contributed by atoms with Crippen LogP contribution in [0.15, 0.2) is 176 Å². The van der Waals surface area contributed by atoms with Crippen LogP contribution in [0.5, 0.6) is 0 Å². The number of rotatable bonds is 2. The molecule has 3 heteroatoms. The predicted molar refractivity (Wildman–Crippen MR) is 288 cm³/mol. The van der Waals surface area contributed by atoms with E-state index in [-0.39, 0.29) is 10.8 Å². The molecule has 0 amide bonds. The molecular weight excluding hydrogens is 811 g/mol. The normalized spacial score (nSPS) is 13.2. The fourth-order valence-corrected chi connectivity index (χ4v) is 12.3. The second kappa shape index (κ2) is 12.5. The van der Waals surface area contributed by atoms with Gasteiger partial charge in [-0.3, -0.25) is 0 Å². The maximum Gasteiger partial charge on any atom is 0.0627 e. The first-order chi connectivity index (χ1) is 32.5. The Balaban J connectivity index is 1.14. The van der Waals surface area contributed by atoms with E-state index in [1.54, 1.807) is 0 Å². The number of benzene rings is 10. The van der Waals surface area contributed by atoms with E-state index >= 15 is 0 Å². The lowest BCUT2D eigenvalue weighted by Gasteiger charge is -2.21. The lowest BCUT2D eigenvalue weighted by atomic mass is 9.83. The van der Waals surface area contributed by atoms with Crippen molar-refractivity contribution in [1.29, 1.82) is 0 Å². The van der Waals surface area contributed by atoms with E-state index in [0.717, 1.165) is 0 Å². The molecule has 15 aromatic rings. The third-order valence-corrected chi connectivity index (χ3v) is 15.5. The van der Waals surface area contributed by atoms with Crippen molar-refractivity contribution in [3.63, 3.8) is 0 Å². The summed E-state index contributed by atoms with van der Waals surface area (Å²) < 4.78 is 7.67. The minimum Gasteiger partial charge on any atom is -0.309 e. The summed E-state index contributed by atoms with van der Waals surface area (Å²) in [6.07, 6.45) is 0. The lowest BCUT2D eigenvalue weighted by Crippen LogP contribution is -2.11. The van der Waals surface area contributed by atoms with Crippen molar-refractivity contribution in [2.24, 2.45) is 0 Å². The smallest absolute Gasteiger partial charge is 0.0627 e. The van der Waals surface area contributed by atoms with E-state index in [1.165, 1.54) is 147 Å². The molecule has 0 aliphatic heterocycles. The van der Waals surface area contributed by atoms with Crippen molar-refractivity contribution in [2.45, 2.75) is 52.4 Å². The van der Waals surface area contributed by atoms with Crippen LogP contribution in [0.25, 0.3) is 136 Å². The van der Waals surface area contributed by atoms with Crippen LogP contribution in [0.4, 0.5) is 0 Å². The van der Waals surface area contributed by atoms with Gasteiger partial charge >= 0.3 is 0 Å². The van der Waals surface area contributed by atoms with E-state index < -0.39 is 0 Å². The van der Waals surface area contributed by atoms with Gasteiger partial charge in [0.05, 0.1) is 44.1 Å². The number of nitrogens with zero attached hydrogens (tertiary/aromatic N) is 3. The van der Waals surface area contributed by atoms with Gasteiger partial charge in [-0.15, -0.1) is 0 Å².